The highest BCUT2D eigenvalue weighted by Gasteiger charge is 2.32. The molecule has 2 aromatic carbocycles. The Morgan fingerprint density at radius 3 is 1.85 bits per heavy atom. The lowest BCUT2D eigenvalue weighted by atomic mass is 9.81. The van der Waals surface area contributed by atoms with Crippen LogP contribution in [0.5, 0.6) is 0 Å². The van der Waals surface area contributed by atoms with Crippen LogP contribution in [-0.2, 0) is 44.6 Å². The molecule has 1 saturated carbocycles. The van der Waals surface area contributed by atoms with Gasteiger partial charge in [0.1, 0.15) is 28.9 Å². The van der Waals surface area contributed by atoms with Crippen LogP contribution in [0.15, 0.2) is 42.5 Å². The van der Waals surface area contributed by atoms with E-state index in [4.69, 9.17) is 19.9 Å². The second-order valence-electron chi connectivity index (χ2n) is 18.6. The Morgan fingerprint density at radius 1 is 0.695 bits per heavy atom. The molecular weight excluding hydrogens is 755 g/mol. The SMILES string of the molecule is CC(C)(C)OC(=O)CC[C@H](NC(=O)N[C@@H](CCCCNC(=O)C1CCC(CNC(=O)[C@@H](N)Cc2cccc3ccccc23)CC1)C(=O)OC(C)(C)C)C(=O)OC(C)(C)C. The summed E-state index contributed by atoms with van der Waals surface area (Å²) in [6.07, 6.45) is 4.54. The first kappa shape index (κ1) is 48.6. The van der Waals surface area contributed by atoms with Gasteiger partial charge in [0.15, 0.2) is 0 Å². The summed E-state index contributed by atoms with van der Waals surface area (Å²) in [6, 6.07) is 10.4. The molecule has 59 heavy (non-hydrogen) atoms. The van der Waals surface area contributed by atoms with Gasteiger partial charge in [-0.3, -0.25) is 14.4 Å². The quantitative estimate of drug-likeness (QED) is 0.0699. The predicted molar refractivity (Wildman–Crippen MR) is 227 cm³/mol. The van der Waals surface area contributed by atoms with E-state index in [0.29, 0.717) is 32.4 Å². The summed E-state index contributed by atoms with van der Waals surface area (Å²) in [6.45, 7) is 16.4. The number of nitrogens with two attached hydrogens (primary N) is 1. The van der Waals surface area contributed by atoms with Gasteiger partial charge in [-0.15, -0.1) is 0 Å². The van der Waals surface area contributed by atoms with E-state index in [1.54, 1.807) is 62.3 Å². The number of ether oxygens (including phenoxy) is 3. The predicted octanol–water partition coefficient (Wildman–Crippen LogP) is 5.76. The molecule has 328 valence electrons. The normalized spacial score (nSPS) is 17.5. The average Bonchev–Trinajstić information content (AvgIpc) is 3.13. The number of carbonyl (C=O) groups is 6. The highest BCUT2D eigenvalue weighted by molar-refractivity contribution is 5.88. The number of hydrogen-bond donors (Lipinski definition) is 5. The summed E-state index contributed by atoms with van der Waals surface area (Å²) in [7, 11) is 0. The van der Waals surface area contributed by atoms with Gasteiger partial charge < -0.3 is 41.2 Å². The lowest BCUT2D eigenvalue weighted by molar-refractivity contribution is -0.159. The van der Waals surface area contributed by atoms with Crippen molar-refractivity contribution in [2.24, 2.45) is 17.6 Å². The second kappa shape index (κ2) is 22.0. The van der Waals surface area contributed by atoms with Gasteiger partial charge in [0.25, 0.3) is 0 Å². The number of carbonyl (C=O) groups excluding carboxylic acids is 6. The molecule has 2 aromatic rings. The molecule has 14 nitrogen and oxygen atoms in total. The smallest absolute Gasteiger partial charge is 0.329 e. The number of unbranched alkanes of at least 4 members (excludes halogenated alkanes) is 1. The Morgan fingerprint density at radius 2 is 1.25 bits per heavy atom. The third kappa shape index (κ3) is 18.4. The van der Waals surface area contributed by atoms with E-state index in [-0.39, 0.29) is 42.9 Å². The summed E-state index contributed by atoms with van der Waals surface area (Å²) >= 11 is 0. The first-order chi connectivity index (χ1) is 27.5. The van der Waals surface area contributed by atoms with E-state index < -0.39 is 58.9 Å². The maximum Gasteiger partial charge on any atom is 0.329 e. The minimum Gasteiger partial charge on any atom is -0.460 e. The van der Waals surface area contributed by atoms with Gasteiger partial charge in [-0.2, -0.15) is 0 Å². The van der Waals surface area contributed by atoms with Crippen molar-refractivity contribution in [2.45, 2.75) is 161 Å². The largest absolute Gasteiger partial charge is 0.460 e. The minimum absolute atomic E-state index is 0.0228. The van der Waals surface area contributed by atoms with Crippen molar-refractivity contribution in [3.63, 3.8) is 0 Å². The van der Waals surface area contributed by atoms with Crippen LogP contribution >= 0.6 is 0 Å². The molecule has 0 saturated heterocycles. The van der Waals surface area contributed by atoms with Crippen molar-refractivity contribution >= 4 is 46.5 Å². The van der Waals surface area contributed by atoms with E-state index in [9.17, 15) is 28.8 Å². The molecule has 3 rings (SSSR count). The number of fused-ring (bicyclic) bond motifs is 1. The number of hydrogen-bond acceptors (Lipinski definition) is 10. The second-order valence-corrected chi connectivity index (χ2v) is 18.6. The van der Waals surface area contributed by atoms with Gasteiger partial charge in [0.2, 0.25) is 11.8 Å². The van der Waals surface area contributed by atoms with Crippen molar-refractivity contribution in [1.29, 1.82) is 0 Å². The lowest BCUT2D eigenvalue weighted by Gasteiger charge is -2.28. The fraction of sp³-hybridized carbons (Fsp3) is 0.644. The average molecular weight is 824 g/mol. The molecule has 6 N–H and O–H groups in total. The monoisotopic (exact) mass is 824 g/mol. The number of benzene rings is 2. The summed E-state index contributed by atoms with van der Waals surface area (Å²) in [4.78, 5) is 77.7. The number of esters is 3. The zero-order valence-corrected chi connectivity index (χ0v) is 36.7. The highest BCUT2D eigenvalue weighted by atomic mass is 16.6. The zero-order valence-electron chi connectivity index (χ0n) is 36.7. The Labute approximate surface area is 350 Å². The van der Waals surface area contributed by atoms with Crippen LogP contribution in [0.3, 0.4) is 0 Å². The van der Waals surface area contributed by atoms with Crippen molar-refractivity contribution < 1.29 is 43.0 Å². The third-order valence-corrected chi connectivity index (χ3v) is 9.71. The molecule has 0 unspecified atom stereocenters. The van der Waals surface area contributed by atoms with Crippen molar-refractivity contribution in [3.8, 4) is 0 Å². The van der Waals surface area contributed by atoms with Gasteiger partial charge in [0.05, 0.1) is 6.04 Å². The number of rotatable bonds is 18. The molecule has 0 heterocycles. The van der Waals surface area contributed by atoms with Crippen molar-refractivity contribution in [1.82, 2.24) is 21.3 Å². The summed E-state index contributed by atoms with van der Waals surface area (Å²) in [5, 5.41) is 13.5. The Hall–Kier alpha value is -4.72. The summed E-state index contributed by atoms with van der Waals surface area (Å²) < 4.78 is 16.4. The van der Waals surface area contributed by atoms with Gasteiger partial charge >= 0.3 is 23.9 Å². The lowest BCUT2D eigenvalue weighted by Crippen LogP contribution is -2.53. The van der Waals surface area contributed by atoms with Gasteiger partial charge in [0, 0.05) is 25.4 Å². The van der Waals surface area contributed by atoms with E-state index in [0.717, 1.165) is 42.0 Å². The topological polar surface area (TPSA) is 204 Å². The molecule has 3 atom stereocenters. The summed E-state index contributed by atoms with van der Waals surface area (Å²) in [5.74, 6) is -1.95. The minimum atomic E-state index is -1.19. The van der Waals surface area contributed by atoms with Crippen LogP contribution in [-0.4, -0.2) is 83.8 Å². The molecule has 1 aliphatic carbocycles. The maximum absolute atomic E-state index is 13.2. The van der Waals surface area contributed by atoms with E-state index in [1.165, 1.54) is 0 Å². The van der Waals surface area contributed by atoms with Crippen LogP contribution in [0, 0.1) is 11.8 Å². The van der Waals surface area contributed by atoms with Crippen LogP contribution in [0.2, 0.25) is 0 Å². The molecule has 1 fully saturated rings. The number of amides is 4. The van der Waals surface area contributed by atoms with Crippen LogP contribution < -0.4 is 27.0 Å². The molecule has 4 amide bonds. The Bertz CT molecular complexity index is 1730. The molecule has 0 radical (unpaired) electrons. The third-order valence-electron chi connectivity index (χ3n) is 9.71. The molecular formula is C45H69N5O9. The van der Waals surface area contributed by atoms with Crippen molar-refractivity contribution in [2.75, 3.05) is 13.1 Å². The van der Waals surface area contributed by atoms with E-state index >= 15 is 0 Å². The Balaban J connectivity index is 1.44. The first-order valence-electron chi connectivity index (χ1n) is 21.0. The maximum atomic E-state index is 13.2. The van der Waals surface area contributed by atoms with Gasteiger partial charge in [-0.05, 0) is 142 Å². The van der Waals surface area contributed by atoms with Crippen molar-refractivity contribution in [3.05, 3.63) is 48.0 Å². The van der Waals surface area contributed by atoms with Gasteiger partial charge in [-0.25, -0.2) is 14.4 Å². The number of urea groups is 1. The number of nitrogens with one attached hydrogen (secondary N) is 4. The first-order valence-corrected chi connectivity index (χ1v) is 21.0. The van der Waals surface area contributed by atoms with Crippen LogP contribution in [0.1, 0.15) is 126 Å². The van der Waals surface area contributed by atoms with E-state index in [2.05, 4.69) is 21.3 Å². The Kier molecular flexibility index (Phi) is 18.2. The fourth-order valence-corrected chi connectivity index (χ4v) is 6.89. The molecule has 0 spiro atoms. The van der Waals surface area contributed by atoms with Crippen LogP contribution in [0.25, 0.3) is 10.8 Å². The zero-order chi connectivity index (χ0) is 44.0. The molecule has 0 bridgehead atoms. The highest BCUT2D eigenvalue weighted by Crippen LogP contribution is 2.29. The molecule has 0 aromatic heterocycles. The molecule has 0 aliphatic heterocycles. The van der Waals surface area contributed by atoms with Crippen LogP contribution in [0.4, 0.5) is 4.79 Å². The van der Waals surface area contributed by atoms with Gasteiger partial charge in [-0.1, -0.05) is 42.5 Å². The fourth-order valence-electron chi connectivity index (χ4n) is 6.89. The summed E-state index contributed by atoms with van der Waals surface area (Å²) in [5.41, 5.74) is 4.96. The standard InChI is InChI=1S/C45H69N5O9/c1-43(2,3)57-37(51)25-24-36(41(55)59-45(7,8)9)50-42(56)49-35(40(54)58-44(4,5)6)19-12-13-26-47-38(52)31-22-20-29(21-23-31)28-48-39(53)34(46)27-32-17-14-16-30-15-10-11-18-33(30)32/h10-11,14-18,29,31,34-36H,12-13,19-28,46H2,1-9H3,(H,47,52)(H,48,53)(H2,49,50,56)/t29?,31?,34-,35-,36-/m0/s1. The molecule has 14 heteroatoms. The molecule has 1 aliphatic rings. The van der Waals surface area contributed by atoms with E-state index in [1.807, 2.05) is 42.5 Å².